The van der Waals surface area contributed by atoms with E-state index in [1.165, 1.54) is 0 Å². The maximum Gasteiger partial charge on any atom is 0.321 e. The van der Waals surface area contributed by atoms with Gasteiger partial charge in [-0.3, -0.25) is 4.79 Å². The normalized spacial score (nSPS) is 19.4. The molecule has 2 fully saturated rings. The molecule has 132 valence electrons. The van der Waals surface area contributed by atoms with Crippen LogP contribution < -0.4 is 5.32 Å². The Labute approximate surface area is 148 Å². The zero-order chi connectivity index (χ0) is 17.9. The number of hydrogen-bond donors (Lipinski definition) is 1. The summed E-state index contributed by atoms with van der Waals surface area (Å²) in [6.07, 6.45) is 4.05. The van der Waals surface area contributed by atoms with Crippen molar-refractivity contribution in [2.75, 3.05) is 31.5 Å². The highest BCUT2D eigenvalue weighted by molar-refractivity contribution is 5.89. The second-order valence-electron chi connectivity index (χ2n) is 7.12. The zero-order valence-electron chi connectivity index (χ0n) is 14.6. The van der Waals surface area contributed by atoms with Gasteiger partial charge in [-0.25, -0.2) is 4.79 Å². The summed E-state index contributed by atoms with van der Waals surface area (Å²) in [7, 11) is 0. The number of likely N-dealkylation sites (tertiary alicyclic amines) is 2. The summed E-state index contributed by atoms with van der Waals surface area (Å²) in [4.78, 5) is 27.7. The van der Waals surface area contributed by atoms with Crippen molar-refractivity contribution in [2.24, 2.45) is 5.41 Å². The number of benzene rings is 1. The second kappa shape index (κ2) is 7.14. The number of piperidine rings is 2. The number of nitrogens with zero attached hydrogens (tertiary/aromatic N) is 3. The first-order chi connectivity index (χ1) is 12.0. The van der Waals surface area contributed by atoms with Crippen molar-refractivity contribution in [1.29, 1.82) is 5.26 Å². The van der Waals surface area contributed by atoms with Gasteiger partial charge in [-0.1, -0.05) is 6.07 Å². The maximum atomic E-state index is 12.5. The molecule has 2 aliphatic heterocycles. The second-order valence-corrected chi connectivity index (χ2v) is 7.12. The quantitative estimate of drug-likeness (QED) is 0.854. The first-order valence-corrected chi connectivity index (χ1v) is 8.83. The van der Waals surface area contributed by atoms with Gasteiger partial charge < -0.3 is 15.1 Å². The van der Waals surface area contributed by atoms with Crippen LogP contribution in [0.3, 0.4) is 0 Å². The van der Waals surface area contributed by atoms with Gasteiger partial charge in [0.05, 0.1) is 11.6 Å². The lowest BCUT2D eigenvalue weighted by molar-refractivity contribution is -0.131. The Morgan fingerprint density at radius 2 is 1.68 bits per heavy atom. The number of carbonyl (C=O) groups excluding carboxylic acids is 2. The molecule has 2 heterocycles. The Morgan fingerprint density at radius 3 is 2.24 bits per heavy atom. The zero-order valence-corrected chi connectivity index (χ0v) is 14.6. The summed E-state index contributed by atoms with van der Waals surface area (Å²) < 4.78 is 0. The molecule has 1 aromatic rings. The first kappa shape index (κ1) is 17.3. The van der Waals surface area contributed by atoms with Crippen LogP contribution in [0.2, 0.25) is 0 Å². The average molecular weight is 340 g/mol. The van der Waals surface area contributed by atoms with Crippen LogP contribution in [0, 0.1) is 16.7 Å². The van der Waals surface area contributed by atoms with E-state index in [0.29, 0.717) is 11.3 Å². The van der Waals surface area contributed by atoms with E-state index in [1.54, 1.807) is 31.2 Å². The number of urea groups is 1. The van der Waals surface area contributed by atoms with E-state index in [4.69, 9.17) is 5.26 Å². The third-order valence-corrected chi connectivity index (χ3v) is 5.62. The van der Waals surface area contributed by atoms with Crippen molar-refractivity contribution in [3.05, 3.63) is 29.8 Å². The molecule has 3 amide bonds. The Balaban J connectivity index is 1.53. The van der Waals surface area contributed by atoms with E-state index in [0.717, 1.165) is 51.9 Å². The Morgan fingerprint density at radius 1 is 1.08 bits per heavy atom. The summed E-state index contributed by atoms with van der Waals surface area (Å²) in [6, 6.07) is 8.93. The number of rotatable bonds is 1. The number of anilines is 1. The van der Waals surface area contributed by atoms with Crippen molar-refractivity contribution in [2.45, 2.75) is 32.6 Å². The lowest BCUT2D eigenvalue weighted by atomic mass is 9.71. The Hall–Kier alpha value is -2.55. The molecule has 0 radical (unpaired) electrons. The number of carbonyl (C=O) groups is 2. The molecule has 1 N–H and O–H groups in total. The van der Waals surface area contributed by atoms with Crippen LogP contribution in [0.4, 0.5) is 10.5 Å². The third kappa shape index (κ3) is 3.93. The molecule has 3 rings (SSSR count). The summed E-state index contributed by atoms with van der Waals surface area (Å²) in [5.41, 5.74) is 1.47. The molecule has 0 unspecified atom stereocenters. The minimum atomic E-state index is -0.105. The lowest BCUT2D eigenvalue weighted by Crippen LogP contribution is -2.49. The van der Waals surface area contributed by atoms with Gasteiger partial charge in [-0.2, -0.15) is 5.26 Å². The smallest absolute Gasteiger partial charge is 0.321 e. The predicted octanol–water partition coefficient (Wildman–Crippen LogP) is 2.81. The van der Waals surface area contributed by atoms with Crippen LogP contribution >= 0.6 is 0 Å². The first-order valence-electron chi connectivity index (χ1n) is 8.83. The van der Waals surface area contributed by atoms with E-state index >= 15 is 0 Å². The van der Waals surface area contributed by atoms with Gasteiger partial charge in [0.1, 0.15) is 0 Å². The highest BCUT2D eigenvalue weighted by Crippen LogP contribution is 2.41. The molecule has 2 saturated heterocycles. The molecule has 0 atom stereocenters. The largest absolute Gasteiger partial charge is 0.343 e. The van der Waals surface area contributed by atoms with E-state index < -0.39 is 0 Å². The predicted molar refractivity (Wildman–Crippen MR) is 94.9 cm³/mol. The SMILES string of the molecule is CC(=O)N1CCC2(CC1)CCN(C(=O)Nc1cccc(C#N)c1)CC2. The minimum absolute atomic E-state index is 0.105. The molecule has 2 aliphatic rings. The average Bonchev–Trinajstić information content (AvgIpc) is 2.63. The molecule has 0 aliphatic carbocycles. The number of hydrogen-bond acceptors (Lipinski definition) is 3. The Kier molecular flexibility index (Phi) is 4.93. The Bertz CT molecular complexity index is 692. The highest BCUT2D eigenvalue weighted by Gasteiger charge is 2.38. The molecule has 6 nitrogen and oxygen atoms in total. The fourth-order valence-electron chi connectivity index (χ4n) is 3.85. The van der Waals surface area contributed by atoms with Crippen molar-refractivity contribution in [1.82, 2.24) is 9.80 Å². The van der Waals surface area contributed by atoms with Crippen molar-refractivity contribution in [3.63, 3.8) is 0 Å². The van der Waals surface area contributed by atoms with E-state index in [2.05, 4.69) is 11.4 Å². The summed E-state index contributed by atoms with van der Waals surface area (Å²) >= 11 is 0. The van der Waals surface area contributed by atoms with Crippen molar-refractivity contribution >= 4 is 17.6 Å². The van der Waals surface area contributed by atoms with Gasteiger partial charge in [0, 0.05) is 38.8 Å². The third-order valence-electron chi connectivity index (χ3n) is 5.62. The standard InChI is InChI=1S/C19H24N4O2/c1-15(24)22-9-5-19(6-10-22)7-11-23(12-8-19)18(25)21-17-4-2-3-16(13-17)14-20/h2-4,13H,5-12H2,1H3,(H,21,25). The van der Waals surface area contributed by atoms with Crippen LogP contribution in [0.1, 0.15) is 38.2 Å². The lowest BCUT2D eigenvalue weighted by Gasteiger charge is -2.46. The fraction of sp³-hybridized carbons (Fsp3) is 0.526. The summed E-state index contributed by atoms with van der Waals surface area (Å²) in [6.45, 7) is 4.78. The van der Waals surface area contributed by atoms with Gasteiger partial charge in [0.2, 0.25) is 5.91 Å². The molecule has 25 heavy (non-hydrogen) atoms. The molecule has 6 heteroatoms. The number of nitriles is 1. The van der Waals surface area contributed by atoms with E-state index in [1.807, 2.05) is 9.80 Å². The van der Waals surface area contributed by atoms with Crippen LogP contribution in [0.5, 0.6) is 0 Å². The summed E-state index contributed by atoms with van der Waals surface area (Å²) in [5, 5.41) is 11.8. The van der Waals surface area contributed by atoms with Crippen molar-refractivity contribution in [3.8, 4) is 6.07 Å². The van der Waals surface area contributed by atoms with Crippen LogP contribution in [-0.4, -0.2) is 47.9 Å². The molecule has 1 aromatic carbocycles. The van der Waals surface area contributed by atoms with E-state index in [-0.39, 0.29) is 17.4 Å². The molecule has 0 aromatic heterocycles. The maximum absolute atomic E-state index is 12.5. The van der Waals surface area contributed by atoms with Crippen LogP contribution in [0.15, 0.2) is 24.3 Å². The van der Waals surface area contributed by atoms with Gasteiger partial charge in [0.25, 0.3) is 0 Å². The van der Waals surface area contributed by atoms with Gasteiger partial charge in [-0.05, 0) is 49.3 Å². The molecular weight excluding hydrogens is 316 g/mol. The van der Waals surface area contributed by atoms with Gasteiger partial charge in [0.15, 0.2) is 0 Å². The highest BCUT2D eigenvalue weighted by atomic mass is 16.2. The van der Waals surface area contributed by atoms with Crippen LogP contribution in [0.25, 0.3) is 0 Å². The van der Waals surface area contributed by atoms with Crippen molar-refractivity contribution < 1.29 is 9.59 Å². The topological polar surface area (TPSA) is 76.4 Å². The monoisotopic (exact) mass is 340 g/mol. The number of nitrogens with one attached hydrogen (secondary N) is 1. The molecule has 0 bridgehead atoms. The van der Waals surface area contributed by atoms with Gasteiger partial charge >= 0.3 is 6.03 Å². The van der Waals surface area contributed by atoms with Crippen LogP contribution in [-0.2, 0) is 4.79 Å². The molecule has 1 spiro atoms. The number of amides is 3. The minimum Gasteiger partial charge on any atom is -0.343 e. The summed E-state index contributed by atoms with van der Waals surface area (Å²) in [5.74, 6) is 0.159. The van der Waals surface area contributed by atoms with Gasteiger partial charge in [-0.15, -0.1) is 0 Å². The molecular formula is C19H24N4O2. The van der Waals surface area contributed by atoms with E-state index in [9.17, 15) is 9.59 Å². The molecule has 0 saturated carbocycles. The fourth-order valence-corrected chi connectivity index (χ4v) is 3.85.